The van der Waals surface area contributed by atoms with Gasteiger partial charge in [0.05, 0.1) is 38.6 Å². The van der Waals surface area contributed by atoms with Crippen molar-refractivity contribution in [3.63, 3.8) is 0 Å². The van der Waals surface area contributed by atoms with Crippen LogP contribution in [0.4, 0.5) is 0 Å². The molecule has 578 valence electrons. The zero-order valence-corrected chi connectivity index (χ0v) is 61.7. The predicted octanol–water partition coefficient (Wildman–Crippen LogP) is 13.1. The molecule has 19 nitrogen and oxygen atoms in total. The van der Waals surface area contributed by atoms with Crippen molar-refractivity contribution in [2.24, 2.45) is 0 Å². The number of carbonyl (C=O) groups is 1. The normalized spacial score (nSPS) is 26.9. The molecular weight excluding hydrogens is 1260 g/mol. The quantitative estimate of drug-likeness (QED) is 0.0199. The van der Waals surface area contributed by atoms with Crippen LogP contribution < -0.4 is 5.32 Å². The monoisotopic (exact) mass is 1410 g/mol. The number of ether oxygens (including phenoxy) is 6. The number of unbranched alkanes of at least 4 members (excludes halogenated alkanes) is 39. The zero-order chi connectivity index (χ0) is 71.8. The first-order valence-corrected chi connectivity index (χ1v) is 40.0. The highest BCUT2D eigenvalue weighted by Crippen LogP contribution is 2.33. The smallest absolute Gasteiger partial charge is 0.220 e. The van der Waals surface area contributed by atoms with Crippen molar-refractivity contribution in [3.05, 3.63) is 60.8 Å². The molecule has 1 amide bonds. The Kier molecular flexibility index (Phi) is 55.6. The molecule has 3 fully saturated rings. The first-order valence-electron chi connectivity index (χ1n) is 40.0. The first-order chi connectivity index (χ1) is 48.3. The molecule has 0 aromatic carbocycles. The van der Waals surface area contributed by atoms with Gasteiger partial charge < -0.3 is 89.9 Å². The molecule has 3 saturated heterocycles. The van der Waals surface area contributed by atoms with Crippen molar-refractivity contribution in [2.75, 3.05) is 26.4 Å². The lowest BCUT2D eigenvalue weighted by molar-refractivity contribution is -0.379. The van der Waals surface area contributed by atoms with Crippen molar-refractivity contribution in [1.82, 2.24) is 5.32 Å². The largest absolute Gasteiger partial charge is 0.394 e. The van der Waals surface area contributed by atoms with Gasteiger partial charge in [0.25, 0.3) is 0 Å². The van der Waals surface area contributed by atoms with Crippen LogP contribution in [0.2, 0.25) is 0 Å². The number of rotatable bonds is 63. The fourth-order valence-corrected chi connectivity index (χ4v) is 13.3. The van der Waals surface area contributed by atoms with E-state index in [1.807, 2.05) is 6.08 Å². The molecule has 0 aromatic rings. The van der Waals surface area contributed by atoms with E-state index < -0.39 is 124 Å². The summed E-state index contributed by atoms with van der Waals surface area (Å²) in [5, 5.41) is 121. The van der Waals surface area contributed by atoms with Crippen molar-refractivity contribution in [1.29, 1.82) is 0 Å². The van der Waals surface area contributed by atoms with Gasteiger partial charge in [0.15, 0.2) is 18.9 Å². The lowest BCUT2D eigenvalue weighted by Crippen LogP contribution is -2.66. The van der Waals surface area contributed by atoms with E-state index in [1.165, 1.54) is 212 Å². The molecule has 0 aliphatic carbocycles. The van der Waals surface area contributed by atoms with E-state index in [4.69, 9.17) is 28.4 Å². The number of carbonyl (C=O) groups excluding carboxylic acids is 1. The van der Waals surface area contributed by atoms with Gasteiger partial charge in [-0.25, -0.2) is 0 Å². The minimum absolute atomic E-state index is 0.226. The zero-order valence-electron chi connectivity index (χ0n) is 61.7. The number of amides is 1. The summed E-state index contributed by atoms with van der Waals surface area (Å²) in [6, 6.07) is -1.00. The summed E-state index contributed by atoms with van der Waals surface area (Å²) < 4.78 is 34.4. The summed E-state index contributed by atoms with van der Waals surface area (Å²) in [5.74, 6) is -0.292. The Bertz CT molecular complexity index is 2020. The first kappa shape index (κ1) is 90.7. The molecular formula is C80H145NO18. The highest BCUT2D eigenvalue weighted by molar-refractivity contribution is 5.76. The SMILES string of the molecule is CCCCCCC/C=C\C/C=C\CCCCCCCCCCCC(=O)NC(COC1OC(CO)C(OC2OC(CO)C(OC3OC(CO)C(O)C(O)C3O)C(O)C2O)C(O)C1O)C(O)/C=C/CC/C=C/CC/C=C/CCCCCCCCCCCCCCCCCCCCCCCCC. The van der Waals surface area contributed by atoms with E-state index in [0.717, 1.165) is 64.2 Å². The third-order valence-electron chi connectivity index (χ3n) is 19.8. The van der Waals surface area contributed by atoms with E-state index >= 15 is 0 Å². The Morgan fingerprint density at radius 3 is 1.07 bits per heavy atom. The van der Waals surface area contributed by atoms with Crippen molar-refractivity contribution in [3.8, 4) is 0 Å². The molecule has 99 heavy (non-hydrogen) atoms. The van der Waals surface area contributed by atoms with Crippen LogP contribution in [0, 0.1) is 0 Å². The van der Waals surface area contributed by atoms with Crippen LogP contribution in [-0.4, -0.2) is 193 Å². The van der Waals surface area contributed by atoms with Gasteiger partial charge >= 0.3 is 0 Å². The molecule has 0 radical (unpaired) electrons. The molecule has 0 saturated carbocycles. The average Bonchev–Trinajstić information content (AvgIpc) is 0.784. The van der Waals surface area contributed by atoms with Crippen LogP contribution in [0.3, 0.4) is 0 Å². The summed E-state index contributed by atoms with van der Waals surface area (Å²) in [7, 11) is 0. The Hall–Kier alpha value is -2.51. The van der Waals surface area contributed by atoms with Gasteiger partial charge in [0.2, 0.25) is 5.91 Å². The number of hydrogen-bond acceptors (Lipinski definition) is 18. The lowest BCUT2D eigenvalue weighted by Gasteiger charge is -2.48. The van der Waals surface area contributed by atoms with Crippen LogP contribution in [-0.2, 0) is 33.2 Å². The number of nitrogens with one attached hydrogen (secondary N) is 1. The maximum atomic E-state index is 13.4. The summed E-state index contributed by atoms with van der Waals surface area (Å²) in [4.78, 5) is 13.4. The molecule has 3 heterocycles. The van der Waals surface area contributed by atoms with Crippen LogP contribution in [0.1, 0.15) is 309 Å². The molecule has 3 aliphatic heterocycles. The molecule has 0 spiro atoms. The molecule has 17 unspecified atom stereocenters. The number of hydrogen-bond donors (Lipinski definition) is 12. The molecule has 3 aliphatic rings. The van der Waals surface area contributed by atoms with E-state index in [9.17, 15) is 61.0 Å². The third-order valence-corrected chi connectivity index (χ3v) is 19.8. The fraction of sp³-hybridized carbons (Fsp3) is 0.863. The number of aliphatic hydroxyl groups is 11. The second kappa shape index (κ2) is 60.7. The molecule has 0 bridgehead atoms. The Morgan fingerprint density at radius 1 is 0.364 bits per heavy atom. The topological polar surface area (TPSA) is 307 Å². The summed E-state index contributed by atoms with van der Waals surface area (Å²) in [6.07, 6.45) is 50.8. The summed E-state index contributed by atoms with van der Waals surface area (Å²) in [5.41, 5.74) is 0. The van der Waals surface area contributed by atoms with E-state index in [0.29, 0.717) is 12.8 Å². The maximum Gasteiger partial charge on any atom is 0.220 e. The van der Waals surface area contributed by atoms with Gasteiger partial charge in [0.1, 0.15) is 73.2 Å². The fourth-order valence-electron chi connectivity index (χ4n) is 13.3. The lowest BCUT2D eigenvalue weighted by atomic mass is 9.96. The second-order valence-electron chi connectivity index (χ2n) is 28.5. The van der Waals surface area contributed by atoms with Gasteiger partial charge in [-0.2, -0.15) is 0 Å². The van der Waals surface area contributed by atoms with E-state index in [1.54, 1.807) is 6.08 Å². The maximum absolute atomic E-state index is 13.4. The minimum Gasteiger partial charge on any atom is -0.394 e. The summed E-state index contributed by atoms with van der Waals surface area (Å²) in [6.45, 7) is 1.73. The summed E-state index contributed by atoms with van der Waals surface area (Å²) >= 11 is 0. The standard InChI is InChI=1S/C80H145NO18/c1-3-5-7-9-11-13-15-17-19-21-23-25-26-27-28-29-30-31-32-33-34-35-36-38-39-41-43-45-47-49-51-53-55-57-64(85)63(81-68(86)58-56-54-52-50-48-46-44-42-40-37-24-22-20-18-16-14-12-10-8-6-4-2)62-94-78-74(92)71(89)76(66(60-83)96-78)99-80-75(93)72(90)77(67(61-84)97-80)98-79-73(91)70(88)69(87)65(59-82)95-79/h16,18,22,24,39,41,47,49,55,57,63-67,69-80,82-85,87-93H,3-15,17,19-21,23,25-38,40,42-46,48,50-54,56,58-62H2,1-2H3,(H,81,86)/b18-16-,24-22-,41-39+,49-47+,57-55+. The van der Waals surface area contributed by atoms with Gasteiger partial charge in [0, 0.05) is 6.42 Å². The molecule has 0 aromatic heterocycles. The minimum atomic E-state index is -1.99. The highest BCUT2D eigenvalue weighted by Gasteiger charge is 2.54. The van der Waals surface area contributed by atoms with Crippen LogP contribution in [0.15, 0.2) is 60.8 Å². The Morgan fingerprint density at radius 2 is 0.677 bits per heavy atom. The van der Waals surface area contributed by atoms with Gasteiger partial charge in [-0.15, -0.1) is 0 Å². The second-order valence-corrected chi connectivity index (χ2v) is 28.5. The van der Waals surface area contributed by atoms with Crippen molar-refractivity contribution in [2.45, 2.75) is 413 Å². The highest BCUT2D eigenvalue weighted by atomic mass is 16.8. The molecule has 3 rings (SSSR count). The van der Waals surface area contributed by atoms with Crippen molar-refractivity contribution >= 4 is 5.91 Å². The van der Waals surface area contributed by atoms with Gasteiger partial charge in [-0.1, -0.05) is 286 Å². The van der Waals surface area contributed by atoms with Crippen LogP contribution in [0.25, 0.3) is 0 Å². The molecule has 12 N–H and O–H groups in total. The van der Waals surface area contributed by atoms with Crippen molar-refractivity contribution < 1.29 is 89.4 Å². The van der Waals surface area contributed by atoms with E-state index in [-0.39, 0.29) is 18.9 Å². The average molecular weight is 1410 g/mol. The van der Waals surface area contributed by atoms with Crippen LogP contribution in [0.5, 0.6) is 0 Å². The molecule has 19 heteroatoms. The van der Waals surface area contributed by atoms with Gasteiger partial charge in [-0.05, 0) is 77.0 Å². The van der Waals surface area contributed by atoms with Gasteiger partial charge in [-0.3, -0.25) is 4.79 Å². The molecule has 17 atom stereocenters. The number of allylic oxidation sites excluding steroid dienone is 9. The Balaban J connectivity index is 1.39. The number of aliphatic hydroxyl groups excluding tert-OH is 11. The Labute approximate surface area is 598 Å². The third kappa shape index (κ3) is 41.1. The van der Waals surface area contributed by atoms with E-state index in [2.05, 4.69) is 67.8 Å². The van der Waals surface area contributed by atoms with Crippen LogP contribution >= 0.6 is 0 Å². The predicted molar refractivity (Wildman–Crippen MR) is 392 cm³/mol.